The topological polar surface area (TPSA) is 115 Å². The zero-order valence-electron chi connectivity index (χ0n) is 17.9. The van der Waals surface area contributed by atoms with E-state index in [9.17, 15) is 23.6 Å². The number of esters is 2. The lowest BCUT2D eigenvalue weighted by Gasteiger charge is -2.36. The average molecular weight is 455 g/mol. The Bertz CT molecular complexity index is 1220. The summed E-state index contributed by atoms with van der Waals surface area (Å²) in [5.74, 6) is -6.37. The number of hydrogen-bond donors (Lipinski definition) is 1. The van der Waals surface area contributed by atoms with E-state index in [2.05, 4.69) is 0 Å². The molecule has 0 radical (unpaired) electrons. The molecule has 1 aliphatic rings. The highest BCUT2D eigenvalue weighted by Gasteiger charge is 2.43. The Morgan fingerprint density at radius 1 is 1.06 bits per heavy atom. The maximum Gasteiger partial charge on any atom is 0.355 e. The number of methoxy groups -OCH3 is 3. The van der Waals surface area contributed by atoms with E-state index in [1.807, 2.05) is 6.07 Å². The highest BCUT2D eigenvalue weighted by Crippen LogP contribution is 2.44. The summed E-state index contributed by atoms with van der Waals surface area (Å²) in [6.07, 6.45) is 0. The van der Waals surface area contributed by atoms with Crippen LogP contribution in [0.5, 0.6) is 5.75 Å². The summed E-state index contributed by atoms with van der Waals surface area (Å²) in [6.45, 7) is 0. The molecular weight excluding hydrogens is 436 g/mol. The first-order valence-electron chi connectivity index (χ1n) is 9.49. The van der Waals surface area contributed by atoms with Gasteiger partial charge in [0.1, 0.15) is 11.5 Å². The van der Waals surface area contributed by atoms with E-state index in [0.29, 0.717) is 5.56 Å². The standard InChI is InChI=1S/C23H19F2N3O5/c1-31-16-10-13(9-15(24)19(16)25)28-20(23(30)33-3)18(22(29)32-2)17(14(11-26)21(28)27)12-7-5-4-6-8-12/h4-10,17H,27H2,1-3H3. The number of benzene rings is 2. The van der Waals surface area contributed by atoms with Gasteiger partial charge in [-0.2, -0.15) is 9.65 Å². The van der Waals surface area contributed by atoms with E-state index in [-0.39, 0.29) is 22.7 Å². The zero-order valence-corrected chi connectivity index (χ0v) is 17.9. The van der Waals surface area contributed by atoms with E-state index >= 15 is 0 Å². The third kappa shape index (κ3) is 3.96. The third-order valence-corrected chi connectivity index (χ3v) is 5.07. The number of carbonyl (C=O) groups excluding carboxylic acids is 2. The molecular formula is C23H19F2N3O5. The first kappa shape index (κ1) is 23.3. The van der Waals surface area contributed by atoms with Gasteiger partial charge in [-0.05, 0) is 5.56 Å². The Morgan fingerprint density at radius 2 is 1.70 bits per heavy atom. The minimum Gasteiger partial charge on any atom is -0.493 e. The van der Waals surface area contributed by atoms with Crippen LogP contribution in [0, 0.1) is 23.0 Å². The lowest BCUT2D eigenvalue weighted by molar-refractivity contribution is -0.139. The summed E-state index contributed by atoms with van der Waals surface area (Å²) < 4.78 is 43.0. The lowest BCUT2D eigenvalue weighted by atomic mass is 9.81. The second kappa shape index (κ2) is 9.40. The molecule has 33 heavy (non-hydrogen) atoms. The molecule has 2 aromatic rings. The van der Waals surface area contributed by atoms with Crippen LogP contribution in [0.25, 0.3) is 0 Å². The number of anilines is 1. The number of rotatable bonds is 5. The number of nitrogens with zero attached hydrogens (tertiary/aromatic N) is 2. The number of nitriles is 1. The van der Waals surface area contributed by atoms with Crippen molar-refractivity contribution in [2.75, 3.05) is 26.2 Å². The monoisotopic (exact) mass is 455 g/mol. The molecule has 0 amide bonds. The molecule has 0 fully saturated rings. The van der Waals surface area contributed by atoms with Crippen molar-refractivity contribution in [3.8, 4) is 11.8 Å². The summed E-state index contributed by atoms with van der Waals surface area (Å²) in [5, 5.41) is 9.95. The number of ether oxygens (including phenoxy) is 3. The Labute approximate surface area is 188 Å². The molecule has 2 aromatic carbocycles. The zero-order chi connectivity index (χ0) is 24.3. The lowest BCUT2D eigenvalue weighted by Crippen LogP contribution is -2.40. The van der Waals surface area contributed by atoms with Crippen LogP contribution < -0.4 is 15.4 Å². The number of carbonyl (C=O) groups is 2. The van der Waals surface area contributed by atoms with Crippen molar-refractivity contribution in [1.29, 1.82) is 5.26 Å². The molecule has 1 aliphatic heterocycles. The first-order valence-corrected chi connectivity index (χ1v) is 9.49. The molecule has 10 heteroatoms. The second-order valence-electron chi connectivity index (χ2n) is 6.78. The molecule has 1 unspecified atom stereocenters. The number of halogens is 2. The third-order valence-electron chi connectivity index (χ3n) is 5.07. The number of allylic oxidation sites excluding steroid dienone is 1. The normalized spacial score (nSPS) is 15.8. The van der Waals surface area contributed by atoms with Crippen molar-refractivity contribution in [3.05, 3.63) is 82.3 Å². The van der Waals surface area contributed by atoms with Crippen LogP contribution in [-0.2, 0) is 19.1 Å². The summed E-state index contributed by atoms with van der Waals surface area (Å²) in [4.78, 5) is 26.8. The Morgan fingerprint density at radius 3 is 2.24 bits per heavy atom. The minimum absolute atomic E-state index is 0.113. The molecule has 3 rings (SSSR count). The molecule has 1 heterocycles. The van der Waals surface area contributed by atoms with Crippen molar-refractivity contribution < 1.29 is 32.6 Å². The Hall–Kier alpha value is -4.39. The average Bonchev–Trinajstić information content (AvgIpc) is 2.84. The van der Waals surface area contributed by atoms with Gasteiger partial charge in [-0.1, -0.05) is 30.3 Å². The second-order valence-corrected chi connectivity index (χ2v) is 6.78. The molecule has 8 nitrogen and oxygen atoms in total. The quantitative estimate of drug-likeness (QED) is 0.685. The highest BCUT2D eigenvalue weighted by molar-refractivity contribution is 6.06. The Balaban J connectivity index is 2.44. The summed E-state index contributed by atoms with van der Waals surface area (Å²) in [6, 6.07) is 12.2. The minimum atomic E-state index is -1.30. The summed E-state index contributed by atoms with van der Waals surface area (Å²) >= 11 is 0. The maximum absolute atomic E-state index is 14.3. The summed E-state index contributed by atoms with van der Waals surface area (Å²) in [5.41, 5.74) is 5.80. The Kier molecular flexibility index (Phi) is 6.63. The SMILES string of the molecule is COC(=O)C1=C(C(=O)OC)N(c2cc(F)c(F)c(OC)c2)C(N)=C(C#N)C1c1ccccc1. The van der Waals surface area contributed by atoms with Gasteiger partial charge < -0.3 is 19.9 Å². The number of hydrogen-bond acceptors (Lipinski definition) is 8. The van der Waals surface area contributed by atoms with Gasteiger partial charge in [0, 0.05) is 12.1 Å². The van der Waals surface area contributed by atoms with E-state index in [0.717, 1.165) is 38.4 Å². The van der Waals surface area contributed by atoms with Gasteiger partial charge >= 0.3 is 11.9 Å². The molecule has 2 N–H and O–H groups in total. The van der Waals surface area contributed by atoms with Crippen molar-refractivity contribution in [1.82, 2.24) is 0 Å². The predicted octanol–water partition coefficient (Wildman–Crippen LogP) is 2.87. The van der Waals surface area contributed by atoms with Gasteiger partial charge in [-0.15, -0.1) is 0 Å². The highest BCUT2D eigenvalue weighted by atomic mass is 19.2. The van der Waals surface area contributed by atoms with Crippen molar-refractivity contribution in [2.24, 2.45) is 5.73 Å². The fourth-order valence-corrected chi connectivity index (χ4v) is 3.61. The van der Waals surface area contributed by atoms with Crippen molar-refractivity contribution in [3.63, 3.8) is 0 Å². The van der Waals surface area contributed by atoms with Crippen LogP contribution in [0.1, 0.15) is 11.5 Å². The fraction of sp³-hybridized carbons (Fsp3) is 0.174. The molecule has 0 aliphatic carbocycles. The van der Waals surface area contributed by atoms with E-state index < -0.39 is 40.9 Å². The van der Waals surface area contributed by atoms with E-state index in [4.69, 9.17) is 19.9 Å². The van der Waals surface area contributed by atoms with Gasteiger partial charge in [0.2, 0.25) is 5.82 Å². The van der Waals surface area contributed by atoms with Crippen LogP contribution in [0.4, 0.5) is 14.5 Å². The number of nitrogens with two attached hydrogens (primary N) is 1. The largest absolute Gasteiger partial charge is 0.493 e. The molecule has 0 aromatic heterocycles. The van der Waals surface area contributed by atoms with E-state index in [1.54, 1.807) is 30.3 Å². The van der Waals surface area contributed by atoms with Gasteiger partial charge in [0.15, 0.2) is 11.6 Å². The molecule has 0 saturated carbocycles. The predicted molar refractivity (Wildman–Crippen MR) is 112 cm³/mol. The van der Waals surface area contributed by atoms with Crippen LogP contribution in [0.15, 0.2) is 65.1 Å². The van der Waals surface area contributed by atoms with E-state index in [1.165, 1.54) is 0 Å². The molecule has 0 bridgehead atoms. The van der Waals surface area contributed by atoms with Crippen molar-refractivity contribution in [2.45, 2.75) is 5.92 Å². The van der Waals surface area contributed by atoms with Gasteiger partial charge in [-0.25, -0.2) is 14.0 Å². The van der Waals surface area contributed by atoms with Crippen LogP contribution >= 0.6 is 0 Å². The fourth-order valence-electron chi connectivity index (χ4n) is 3.61. The smallest absolute Gasteiger partial charge is 0.355 e. The molecule has 0 saturated heterocycles. The van der Waals surface area contributed by atoms with Crippen LogP contribution in [0.3, 0.4) is 0 Å². The molecule has 170 valence electrons. The maximum atomic E-state index is 14.3. The van der Waals surface area contributed by atoms with Gasteiger partial charge in [0.25, 0.3) is 0 Å². The molecule has 1 atom stereocenters. The van der Waals surface area contributed by atoms with Crippen LogP contribution in [0.2, 0.25) is 0 Å². The van der Waals surface area contributed by atoms with Gasteiger partial charge in [-0.3, -0.25) is 4.90 Å². The van der Waals surface area contributed by atoms with Crippen molar-refractivity contribution >= 4 is 17.6 Å². The molecule has 0 spiro atoms. The summed E-state index contributed by atoms with van der Waals surface area (Å²) in [7, 11) is 3.30. The van der Waals surface area contributed by atoms with Gasteiger partial charge in [0.05, 0.1) is 50.2 Å². The first-order chi connectivity index (χ1) is 15.8. The van der Waals surface area contributed by atoms with Crippen LogP contribution in [-0.4, -0.2) is 33.3 Å².